The van der Waals surface area contributed by atoms with E-state index in [-0.39, 0.29) is 11.2 Å². The highest BCUT2D eigenvalue weighted by Crippen LogP contribution is 2.14. The van der Waals surface area contributed by atoms with E-state index in [0.717, 1.165) is 26.8 Å². The molecule has 1 N–H and O–H groups in total. The second kappa shape index (κ2) is 6.28. The van der Waals surface area contributed by atoms with E-state index in [1.54, 1.807) is 29.3 Å². The molecule has 136 valence electrons. The van der Waals surface area contributed by atoms with Gasteiger partial charge in [-0.15, -0.1) is 0 Å². The highest BCUT2D eigenvalue weighted by atomic mass is 79.9. The Labute approximate surface area is 162 Å². The topological polar surface area (TPSA) is 64.7 Å². The third-order valence-corrected chi connectivity index (χ3v) is 5.23. The van der Waals surface area contributed by atoms with E-state index in [0.29, 0.717) is 10.6 Å². The molecule has 0 saturated heterocycles. The number of benzene rings is 2. The summed E-state index contributed by atoms with van der Waals surface area (Å²) in [5.41, 5.74) is 2.95. The number of rotatable bonds is 2. The summed E-state index contributed by atoms with van der Waals surface area (Å²) in [5, 5.41) is 4.03. The van der Waals surface area contributed by atoms with Gasteiger partial charge in [-0.3, -0.25) is 19.0 Å². The molecular formula is C20H17BrN4O2. The van der Waals surface area contributed by atoms with Gasteiger partial charge >= 0.3 is 5.69 Å². The number of aryl methyl sites for hydroxylation is 2. The predicted octanol–water partition coefficient (Wildman–Crippen LogP) is 1.36. The van der Waals surface area contributed by atoms with Gasteiger partial charge in [-0.05, 0) is 48.0 Å². The first-order chi connectivity index (χ1) is 12.9. The Morgan fingerprint density at radius 3 is 2.37 bits per heavy atom. The van der Waals surface area contributed by atoms with Crippen LogP contribution >= 0.6 is 15.9 Å². The summed E-state index contributed by atoms with van der Waals surface area (Å²) in [6.07, 6.45) is 1.79. The highest BCUT2D eigenvalue weighted by Gasteiger charge is 2.08. The zero-order valence-corrected chi connectivity index (χ0v) is 16.4. The van der Waals surface area contributed by atoms with Gasteiger partial charge in [0.15, 0.2) is 0 Å². The van der Waals surface area contributed by atoms with Crippen LogP contribution in [0.5, 0.6) is 0 Å². The van der Waals surface area contributed by atoms with E-state index in [1.807, 2.05) is 42.5 Å². The molecule has 0 saturated carbocycles. The average molecular weight is 425 g/mol. The fourth-order valence-electron chi connectivity index (χ4n) is 3.20. The zero-order valence-electron chi connectivity index (χ0n) is 14.9. The van der Waals surface area contributed by atoms with Crippen LogP contribution < -0.4 is 21.8 Å². The second-order valence-electron chi connectivity index (χ2n) is 6.41. The predicted molar refractivity (Wildman–Crippen MR) is 111 cm³/mol. The minimum absolute atomic E-state index is 0.0840. The fourth-order valence-corrected chi connectivity index (χ4v) is 3.46. The average Bonchev–Trinajstić information content (AvgIpc) is 3.05. The molecule has 0 radical (unpaired) electrons. The molecule has 0 aliphatic rings. The van der Waals surface area contributed by atoms with E-state index >= 15 is 0 Å². The minimum Gasteiger partial charge on any atom is -0.295 e. The van der Waals surface area contributed by atoms with Crippen molar-refractivity contribution in [3.63, 3.8) is 0 Å². The summed E-state index contributed by atoms with van der Waals surface area (Å²) < 4.78 is 5.60. The van der Waals surface area contributed by atoms with Crippen LogP contribution in [0.15, 0.2) is 56.5 Å². The van der Waals surface area contributed by atoms with Crippen molar-refractivity contribution in [2.24, 2.45) is 14.1 Å². The Morgan fingerprint density at radius 2 is 1.67 bits per heavy atom. The molecule has 4 rings (SSSR count). The number of hydrogen-bond donors (Lipinski definition) is 1. The molecule has 6 nitrogen and oxygen atoms in total. The van der Waals surface area contributed by atoms with Gasteiger partial charge in [0.25, 0.3) is 5.56 Å². The lowest BCUT2D eigenvalue weighted by atomic mass is 10.1. The number of aromatic nitrogens is 4. The lowest BCUT2D eigenvalue weighted by Crippen LogP contribution is -2.33. The molecule has 2 heterocycles. The maximum absolute atomic E-state index is 12.9. The van der Waals surface area contributed by atoms with Crippen LogP contribution in [0, 0.1) is 0 Å². The molecule has 0 fully saturated rings. The van der Waals surface area contributed by atoms with Crippen LogP contribution in [0.4, 0.5) is 0 Å². The first-order valence-corrected chi connectivity index (χ1v) is 9.09. The largest absolute Gasteiger partial charge is 0.328 e. The summed E-state index contributed by atoms with van der Waals surface area (Å²) in [6, 6.07) is 13.1. The van der Waals surface area contributed by atoms with Crippen LogP contribution in [-0.4, -0.2) is 18.9 Å². The first-order valence-electron chi connectivity index (χ1n) is 8.30. The lowest BCUT2D eigenvalue weighted by molar-refractivity contribution is 0.795. The molecule has 27 heavy (non-hydrogen) atoms. The Kier molecular flexibility index (Phi) is 4.04. The van der Waals surface area contributed by atoms with E-state index in [4.69, 9.17) is 0 Å². The van der Waals surface area contributed by atoms with Gasteiger partial charge in [0.05, 0.1) is 27.3 Å². The van der Waals surface area contributed by atoms with Crippen molar-refractivity contribution >= 4 is 39.6 Å². The lowest BCUT2D eigenvalue weighted by Gasteiger charge is -2.00. The van der Waals surface area contributed by atoms with Gasteiger partial charge in [-0.1, -0.05) is 28.6 Å². The maximum atomic E-state index is 12.9. The van der Waals surface area contributed by atoms with Crippen LogP contribution in [-0.2, 0) is 14.1 Å². The van der Waals surface area contributed by atoms with Crippen LogP contribution in [0.25, 0.3) is 29.4 Å². The van der Waals surface area contributed by atoms with Crippen molar-refractivity contribution in [2.75, 3.05) is 0 Å². The molecule has 2 aromatic carbocycles. The van der Waals surface area contributed by atoms with Crippen molar-refractivity contribution in [2.45, 2.75) is 0 Å². The van der Waals surface area contributed by atoms with Crippen LogP contribution in [0.3, 0.4) is 0 Å². The van der Waals surface area contributed by atoms with Gasteiger partial charge in [-0.2, -0.15) is 0 Å². The number of aromatic amines is 1. The molecule has 0 amide bonds. The molecule has 0 spiro atoms. The summed E-state index contributed by atoms with van der Waals surface area (Å²) in [7, 11) is 3.48. The summed E-state index contributed by atoms with van der Waals surface area (Å²) in [5.74, 6) is 0. The Hall–Kier alpha value is -3.06. The standard InChI is InChI=1S/C20H17BrN4O2/c1-12-16(19(26)25(22-12)15-7-5-14(21)6-8-15)10-13-4-9-17-18(11-13)24(3)20(27)23(17)2/h4-11,22H,1H2,2-3H3/b16-10+. The van der Waals surface area contributed by atoms with Gasteiger partial charge in [0.2, 0.25) is 0 Å². The quantitative estimate of drug-likeness (QED) is 0.527. The van der Waals surface area contributed by atoms with E-state index < -0.39 is 0 Å². The number of hydrogen-bond acceptors (Lipinski definition) is 2. The molecule has 0 aliphatic heterocycles. The fraction of sp³-hybridized carbons (Fsp3) is 0.100. The number of fused-ring (bicyclic) bond motifs is 1. The van der Waals surface area contributed by atoms with Crippen molar-refractivity contribution < 1.29 is 0 Å². The highest BCUT2D eigenvalue weighted by molar-refractivity contribution is 9.10. The normalized spacial score (nSPS) is 12.2. The SMILES string of the molecule is C=c1[nH]n(-c2ccc(Br)cc2)c(=O)/c1=C/c1ccc2c(c1)n(C)c(=O)n2C. The second-order valence-corrected chi connectivity index (χ2v) is 7.33. The summed E-state index contributed by atoms with van der Waals surface area (Å²) in [4.78, 5) is 25.0. The van der Waals surface area contributed by atoms with Gasteiger partial charge in [0.1, 0.15) is 0 Å². The van der Waals surface area contributed by atoms with Gasteiger partial charge < -0.3 is 0 Å². The van der Waals surface area contributed by atoms with Crippen LogP contribution in [0.1, 0.15) is 5.56 Å². The third-order valence-electron chi connectivity index (χ3n) is 4.70. The number of imidazole rings is 1. The Bertz CT molecular complexity index is 1400. The smallest absolute Gasteiger partial charge is 0.295 e. The van der Waals surface area contributed by atoms with E-state index in [9.17, 15) is 9.59 Å². The molecule has 0 atom stereocenters. The van der Waals surface area contributed by atoms with Crippen LogP contribution in [0.2, 0.25) is 0 Å². The van der Waals surface area contributed by atoms with E-state index in [2.05, 4.69) is 27.6 Å². The van der Waals surface area contributed by atoms with Crippen molar-refractivity contribution in [1.29, 1.82) is 0 Å². The van der Waals surface area contributed by atoms with Gasteiger partial charge in [0, 0.05) is 18.6 Å². The number of nitrogens with one attached hydrogen (secondary N) is 1. The van der Waals surface area contributed by atoms with Crippen molar-refractivity contribution in [1.82, 2.24) is 18.9 Å². The molecule has 0 bridgehead atoms. The third kappa shape index (κ3) is 2.80. The number of H-pyrrole nitrogens is 1. The number of halogens is 1. The van der Waals surface area contributed by atoms with Gasteiger partial charge in [-0.25, -0.2) is 9.48 Å². The maximum Gasteiger partial charge on any atom is 0.328 e. The molecule has 7 heteroatoms. The van der Waals surface area contributed by atoms with E-state index in [1.165, 1.54) is 4.68 Å². The summed E-state index contributed by atoms with van der Waals surface area (Å²) >= 11 is 3.39. The molecule has 2 aromatic heterocycles. The molecular weight excluding hydrogens is 408 g/mol. The molecule has 0 unspecified atom stereocenters. The molecule has 4 aromatic rings. The summed E-state index contributed by atoms with van der Waals surface area (Å²) in [6.45, 7) is 3.96. The Balaban J connectivity index is 1.90. The number of nitrogens with zero attached hydrogens (tertiary/aromatic N) is 3. The van der Waals surface area contributed by atoms with Crippen molar-refractivity contribution in [3.8, 4) is 5.69 Å². The zero-order chi connectivity index (χ0) is 19.3. The van der Waals surface area contributed by atoms with Crippen molar-refractivity contribution in [3.05, 3.63) is 83.9 Å². The molecule has 0 aliphatic carbocycles. The first kappa shape index (κ1) is 17.4. The monoisotopic (exact) mass is 424 g/mol. The Morgan fingerprint density at radius 1 is 1.00 bits per heavy atom. The minimum atomic E-state index is -0.177.